The molecular weight excluding hydrogens is 373 g/mol. The van der Waals surface area contributed by atoms with Crippen LogP contribution in [0.15, 0.2) is 30.5 Å². The van der Waals surface area contributed by atoms with E-state index in [1.54, 1.807) is 18.3 Å². The number of nitrogens with zero attached hydrogens (tertiary/aromatic N) is 3. The molecule has 140 valence electrons. The highest BCUT2D eigenvalue weighted by Crippen LogP contribution is 2.34. The predicted octanol–water partition coefficient (Wildman–Crippen LogP) is 1.78. The second-order valence-corrected chi connectivity index (χ2v) is 6.41. The van der Waals surface area contributed by atoms with E-state index in [0.717, 1.165) is 10.3 Å². The second kappa shape index (κ2) is 7.14. The first-order valence-corrected chi connectivity index (χ1v) is 8.43. The molecule has 26 heavy (non-hydrogen) atoms. The number of carbonyl (C=O) groups excluding carboxylic acids is 2. The summed E-state index contributed by atoms with van der Waals surface area (Å²) in [6.45, 7) is -0.891. The Morgan fingerprint density at radius 3 is 2.65 bits per heavy atom. The number of hydrogen-bond donors (Lipinski definition) is 1. The van der Waals surface area contributed by atoms with Crippen LogP contribution in [0.1, 0.15) is 0 Å². The number of carbonyl (C=O) groups is 2. The molecule has 10 heteroatoms. The van der Waals surface area contributed by atoms with E-state index in [4.69, 9.17) is 11.6 Å². The minimum atomic E-state index is -4.53. The molecule has 0 spiro atoms. The van der Waals surface area contributed by atoms with E-state index in [0.29, 0.717) is 5.52 Å². The highest BCUT2D eigenvalue weighted by Gasteiger charge is 2.51. The smallest absolute Gasteiger partial charge is 0.350 e. The molecule has 0 bridgehead atoms. The Balaban J connectivity index is 1.71. The first-order valence-electron chi connectivity index (χ1n) is 7.90. The van der Waals surface area contributed by atoms with Gasteiger partial charge in [-0.05, 0) is 6.07 Å². The van der Waals surface area contributed by atoms with Crippen molar-refractivity contribution in [1.29, 1.82) is 0 Å². The van der Waals surface area contributed by atoms with Gasteiger partial charge in [-0.15, -0.1) is 11.6 Å². The Morgan fingerprint density at radius 2 is 2.00 bits per heavy atom. The summed E-state index contributed by atoms with van der Waals surface area (Å²) in [5.74, 6) is -3.45. The first kappa shape index (κ1) is 18.5. The van der Waals surface area contributed by atoms with Gasteiger partial charge in [-0.3, -0.25) is 14.3 Å². The molecule has 2 amide bonds. The predicted molar refractivity (Wildman–Crippen MR) is 88.5 cm³/mol. The lowest BCUT2D eigenvalue weighted by Gasteiger charge is -2.21. The zero-order valence-electron chi connectivity index (χ0n) is 13.5. The number of hydrogen-bond acceptors (Lipinski definition) is 3. The number of alkyl halides is 4. The van der Waals surface area contributed by atoms with E-state index in [1.807, 2.05) is 12.1 Å². The number of halogens is 4. The van der Waals surface area contributed by atoms with Crippen LogP contribution in [-0.2, 0) is 16.1 Å². The third-order valence-corrected chi connectivity index (χ3v) is 4.56. The van der Waals surface area contributed by atoms with E-state index < -0.39 is 42.4 Å². The Kier molecular flexibility index (Phi) is 5.08. The van der Waals surface area contributed by atoms with E-state index >= 15 is 0 Å². The molecule has 2 heterocycles. The summed E-state index contributed by atoms with van der Waals surface area (Å²) in [7, 11) is 0. The third-order valence-electron chi connectivity index (χ3n) is 4.32. The lowest BCUT2D eigenvalue weighted by Crippen LogP contribution is -2.45. The number of nitrogens with one attached hydrogen (secondary N) is 1. The fourth-order valence-electron chi connectivity index (χ4n) is 3.07. The molecule has 1 aliphatic heterocycles. The van der Waals surface area contributed by atoms with Crippen molar-refractivity contribution >= 4 is 34.3 Å². The van der Waals surface area contributed by atoms with Crippen molar-refractivity contribution in [3.8, 4) is 0 Å². The fourth-order valence-corrected chi connectivity index (χ4v) is 3.14. The van der Waals surface area contributed by atoms with Crippen LogP contribution in [0.5, 0.6) is 0 Å². The number of benzene rings is 1. The van der Waals surface area contributed by atoms with E-state index in [-0.39, 0.29) is 13.1 Å². The standard InChI is InChI=1S/C16H16ClF3N4O2/c17-5-14(25)21-13-8-23(7-11(13)16(18,19)20)15(26)9-24-6-10-3-1-2-4-12(10)22-24/h1-4,6,11,13H,5,7-9H2,(H,21,25)/t11-,13-/m1/s1. The highest BCUT2D eigenvalue weighted by molar-refractivity contribution is 6.27. The normalized spacial score (nSPS) is 20.5. The third kappa shape index (κ3) is 3.92. The van der Waals surface area contributed by atoms with Gasteiger partial charge < -0.3 is 10.2 Å². The molecule has 0 saturated carbocycles. The van der Waals surface area contributed by atoms with Crippen LogP contribution in [0.4, 0.5) is 13.2 Å². The van der Waals surface area contributed by atoms with Crippen molar-refractivity contribution in [2.24, 2.45) is 5.92 Å². The molecule has 0 unspecified atom stereocenters. The van der Waals surface area contributed by atoms with Gasteiger partial charge in [-0.1, -0.05) is 18.2 Å². The van der Waals surface area contributed by atoms with Crippen LogP contribution < -0.4 is 5.32 Å². The van der Waals surface area contributed by atoms with Crippen LogP contribution in [0.2, 0.25) is 0 Å². The maximum Gasteiger partial charge on any atom is 0.395 e. The van der Waals surface area contributed by atoms with Crippen molar-refractivity contribution in [1.82, 2.24) is 20.0 Å². The number of fused-ring (bicyclic) bond motifs is 1. The molecule has 0 aliphatic carbocycles. The van der Waals surface area contributed by atoms with Crippen LogP contribution >= 0.6 is 11.6 Å². The summed E-state index contributed by atoms with van der Waals surface area (Å²) in [5, 5.41) is 7.32. The van der Waals surface area contributed by atoms with Gasteiger partial charge in [0.05, 0.1) is 17.5 Å². The van der Waals surface area contributed by atoms with Crippen LogP contribution in [-0.4, -0.2) is 57.7 Å². The summed E-state index contributed by atoms with van der Waals surface area (Å²) in [6.07, 6.45) is -2.86. The molecule has 2 atom stereocenters. The monoisotopic (exact) mass is 388 g/mol. The summed E-state index contributed by atoms with van der Waals surface area (Å²) < 4.78 is 41.1. The van der Waals surface area contributed by atoms with Crippen molar-refractivity contribution in [2.45, 2.75) is 18.8 Å². The highest BCUT2D eigenvalue weighted by atomic mass is 35.5. The molecule has 1 saturated heterocycles. The largest absolute Gasteiger partial charge is 0.395 e. The van der Waals surface area contributed by atoms with Gasteiger partial charge >= 0.3 is 6.18 Å². The van der Waals surface area contributed by atoms with Crippen molar-refractivity contribution < 1.29 is 22.8 Å². The van der Waals surface area contributed by atoms with Crippen molar-refractivity contribution in [3.63, 3.8) is 0 Å². The molecule has 1 aliphatic rings. The zero-order chi connectivity index (χ0) is 18.9. The Morgan fingerprint density at radius 1 is 1.27 bits per heavy atom. The van der Waals surface area contributed by atoms with Gasteiger partial charge in [0.1, 0.15) is 12.4 Å². The molecule has 1 aromatic carbocycles. The van der Waals surface area contributed by atoms with Crippen LogP contribution in [0.3, 0.4) is 0 Å². The number of amides is 2. The number of likely N-dealkylation sites (tertiary alicyclic amines) is 1. The van der Waals surface area contributed by atoms with Crippen molar-refractivity contribution in [2.75, 3.05) is 19.0 Å². The molecule has 1 aromatic heterocycles. The topological polar surface area (TPSA) is 67.2 Å². The van der Waals surface area contributed by atoms with Gasteiger partial charge in [-0.2, -0.15) is 18.3 Å². The molecule has 1 fully saturated rings. The zero-order valence-corrected chi connectivity index (χ0v) is 14.3. The summed E-state index contributed by atoms with van der Waals surface area (Å²) >= 11 is 5.35. The minimum absolute atomic E-state index is 0.171. The van der Waals surface area contributed by atoms with Crippen LogP contribution in [0.25, 0.3) is 10.9 Å². The van der Waals surface area contributed by atoms with Gasteiger partial charge in [0.25, 0.3) is 0 Å². The van der Waals surface area contributed by atoms with Gasteiger partial charge in [0, 0.05) is 24.7 Å². The lowest BCUT2D eigenvalue weighted by atomic mass is 10.0. The first-order chi connectivity index (χ1) is 12.3. The van der Waals surface area contributed by atoms with Crippen LogP contribution in [0, 0.1) is 5.92 Å². The Hall–Kier alpha value is -2.29. The summed E-state index contributed by atoms with van der Waals surface area (Å²) in [5.41, 5.74) is 0.696. The van der Waals surface area contributed by atoms with Gasteiger partial charge in [0.2, 0.25) is 11.8 Å². The molecular formula is C16H16ClF3N4O2. The fraction of sp³-hybridized carbons (Fsp3) is 0.438. The summed E-state index contributed by atoms with van der Waals surface area (Å²) in [6, 6.07) is 6.04. The lowest BCUT2D eigenvalue weighted by molar-refractivity contribution is -0.176. The van der Waals surface area contributed by atoms with Gasteiger partial charge in [-0.25, -0.2) is 0 Å². The average Bonchev–Trinajstić information content (AvgIpc) is 3.17. The maximum absolute atomic E-state index is 13.2. The van der Waals surface area contributed by atoms with E-state index in [1.165, 1.54) is 4.68 Å². The molecule has 3 rings (SSSR count). The quantitative estimate of drug-likeness (QED) is 0.812. The molecule has 0 radical (unpaired) electrons. The Labute approximate surface area is 151 Å². The maximum atomic E-state index is 13.2. The second-order valence-electron chi connectivity index (χ2n) is 6.14. The number of aromatic nitrogens is 2. The summed E-state index contributed by atoms with van der Waals surface area (Å²) in [4.78, 5) is 24.9. The average molecular weight is 389 g/mol. The molecule has 1 N–H and O–H groups in total. The molecule has 6 nitrogen and oxygen atoms in total. The molecule has 2 aromatic rings. The van der Waals surface area contributed by atoms with Gasteiger partial charge in [0.15, 0.2) is 0 Å². The van der Waals surface area contributed by atoms with E-state index in [9.17, 15) is 22.8 Å². The number of rotatable bonds is 4. The minimum Gasteiger partial charge on any atom is -0.350 e. The van der Waals surface area contributed by atoms with E-state index in [2.05, 4.69) is 10.4 Å². The Bertz CT molecular complexity index is 790. The SMILES string of the molecule is O=C(CCl)N[C@@H]1CN(C(=O)Cn2cc3ccccc3n2)C[C@H]1C(F)(F)F. The van der Waals surface area contributed by atoms with Crippen molar-refractivity contribution in [3.05, 3.63) is 30.5 Å².